The van der Waals surface area contributed by atoms with Gasteiger partial charge < -0.3 is 14.5 Å². The maximum atomic E-state index is 13.4. The summed E-state index contributed by atoms with van der Waals surface area (Å²) >= 11 is 1.76. The molecule has 3 rings (SSSR count). The predicted molar refractivity (Wildman–Crippen MR) is 116 cm³/mol. The van der Waals surface area contributed by atoms with E-state index in [1.807, 2.05) is 30.9 Å². The maximum absolute atomic E-state index is 13.4. The Morgan fingerprint density at radius 3 is 2.69 bits per heavy atom. The van der Waals surface area contributed by atoms with Crippen LogP contribution in [0.25, 0.3) is 0 Å². The Kier molecular flexibility index (Phi) is 7.09. The highest BCUT2D eigenvalue weighted by Crippen LogP contribution is 2.38. The van der Waals surface area contributed by atoms with Gasteiger partial charge in [0.25, 0.3) is 0 Å². The molecule has 0 fully saturated rings. The highest BCUT2D eigenvalue weighted by Gasteiger charge is 2.34. The van der Waals surface area contributed by atoms with Crippen LogP contribution in [0, 0.1) is 12.8 Å². The number of ether oxygens (including phenoxy) is 1. The first-order chi connectivity index (χ1) is 13.9. The standard InChI is InChI=1S/C23H30N2O3S/c1-16(2)13-24(22(27)15-28-4)14-21(26)25-11-9-20-19(10-12-29-20)23(25)18-8-6-5-7-17(18)3/h5-8,10,12,16,23H,9,11,13-15H2,1-4H3. The highest BCUT2D eigenvalue weighted by atomic mass is 32.1. The minimum Gasteiger partial charge on any atom is -0.375 e. The Morgan fingerprint density at radius 1 is 1.24 bits per heavy atom. The third-order valence-corrected chi connectivity index (χ3v) is 6.30. The normalized spacial score (nSPS) is 16.0. The Balaban J connectivity index is 1.90. The average Bonchev–Trinajstić information content (AvgIpc) is 3.16. The Bertz CT molecular complexity index is 861. The molecule has 0 aliphatic carbocycles. The summed E-state index contributed by atoms with van der Waals surface area (Å²) in [6.45, 7) is 7.47. The molecule has 2 heterocycles. The van der Waals surface area contributed by atoms with E-state index >= 15 is 0 Å². The van der Waals surface area contributed by atoms with Crippen LogP contribution in [-0.4, -0.2) is 55.0 Å². The summed E-state index contributed by atoms with van der Waals surface area (Å²) in [5, 5.41) is 2.11. The van der Waals surface area contributed by atoms with E-state index in [-0.39, 0.29) is 36.9 Å². The van der Waals surface area contributed by atoms with Gasteiger partial charge in [-0.15, -0.1) is 11.3 Å². The van der Waals surface area contributed by atoms with Crippen LogP contribution in [0.15, 0.2) is 35.7 Å². The van der Waals surface area contributed by atoms with Crippen LogP contribution in [0.2, 0.25) is 0 Å². The molecule has 1 aromatic heterocycles. The molecule has 29 heavy (non-hydrogen) atoms. The number of thiophene rings is 1. The van der Waals surface area contributed by atoms with E-state index in [1.54, 1.807) is 16.2 Å². The van der Waals surface area contributed by atoms with Crippen molar-refractivity contribution in [1.82, 2.24) is 9.80 Å². The van der Waals surface area contributed by atoms with Crippen LogP contribution in [0.3, 0.4) is 0 Å². The summed E-state index contributed by atoms with van der Waals surface area (Å²) in [4.78, 5) is 30.8. The zero-order valence-corrected chi connectivity index (χ0v) is 18.5. The number of carbonyl (C=O) groups is 2. The SMILES string of the molecule is COCC(=O)N(CC(=O)N1CCc2sccc2C1c1ccccc1C)CC(C)C. The van der Waals surface area contributed by atoms with E-state index < -0.39 is 0 Å². The molecule has 0 radical (unpaired) electrons. The first kappa shape index (κ1) is 21.5. The van der Waals surface area contributed by atoms with Crippen molar-refractivity contribution in [3.63, 3.8) is 0 Å². The minimum absolute atomic E-state index is 0.00407. The number of fused-ring (bicyclic) bond motifs is 1. The molecule has 1 unspecified atom stereocenters. The van der Waals surface area contributed by atoms with E-state index in [0.717, 1.165) is 12.0 Å². The highest BCUT2D eigenvalue weighted by molar-refractivity contribution is 7.10. The molecule has 0 N–H and O–H groups in total. The van der Waals surface area contributed by atoms with Gasteiger partial charge in [0, 0.05) is 25.1 Å². The zero-order valence-electron chi connectivity index (χ0n) is 17.7. The molecule has 1 aliphatic heterocycles. The van der Waals surface area contributed by atoms with Crippen molar-refractivity contribution in [2.75, 3.05) is 33.4 Å². The second kappa shape index (κ2) is 9.55. The number of rotatable bonds is 7. The number of amides is 2. The van der Waals surface area contributed by atoms with Crippen molar-refractivity contribution >= 4 is 23.2 Å². The number of hydrogen-bond donors (Lipinski definition) is 0. The smallest absolute Gasteiger partial charge is 0.249 e. The number of hydrogen-bond acceptors (Lipinski definition) is 4. The lowest BCUT2D eigenvalue weighted by atomic mass is 9.90. The quantitative estimate of drug-likeness (QED) is 0.695. The van der Waals surface area contributed by atoms with Crippen LogP contribution < -0.4 is 0 Å². The first-order valence-electron chi connectivity index (χ1n) is 10.1. The Hall–Kier alpha value is -2.18. The maximum Gasteiger partial charge on any atom is 0.249 e. The number of methoxy groups -OCH3 is 1. The number of benzene rings is 1. The van der Waals surface area contributed by atoms with E-state index in [2.05, 4.69) is 30.5 Å². The molecule has 2 aromatic rings. The summed E-state index contributed by atoms with van der Waals surface area (Å²) in [6, 6.07) is 10.3. The van der Waals surface area contributed by atoms with Crippen LogP contribution in [0.4, 0.5) is 0 Å². The van der Waals surface area contributed by atoms with Gasteiger partial charge in [-0.1, -0.05) is 38.1 Å². The van der Waals surface area contributed by atoms with E-state index in [0.29, 0.717) is 13.1 Å². The second-order valence-corrected chi connectivity index (χ2v) is 9.00. The monoisotopic (exact) mass is 414 g/mol. The van der Waals surface area contributed by atoms with Gasteiger partial charge in [0.2, 0.25) is 11.8 Å². The fourth-order valence-electron chi connectivity index (χ4n) is 3.98. The van der Waals surface area contributed by atoms with Gasteiger partial charge in [0.1, 0.15) is 6.61 Å². The van der Waals surface area contributed by atoms with Gasteiger partial charge in [-0.05, 0) is 47.4 Å². The zero-order chi connectivity index (χ0) is 21.0. The molecule has 6 heteroatoms. The van der Waals surface area contributed by atoms with Crippen molar-refractivity contribution in [2.24, 2.45) is 5.92 Å². The number of carbonyl (C=O) groups excluding carboxylic acids is 2. The predicted octanol–water partition coefficient (Wildman–Crippen LogP) is 3.66. The molecule has 5 nitrogen and oxygen atoms in total. The largest absolute Gasteiger partial charge is 0.375 e. The van der Waals surface area contributed by atoms with Crippen molar-refractivity contribution in [2.45, 2.75) is 33.2 Å². The van der Waals surface area contributed by atoms with Crippen LogP contribution in [0.1, 0.15) is 41.5 Å². The fraction of sp³-hybridized carbons (Fsp3) is 0.478. The molecular formula is C23H30N2O3S. The lowest BCUT2D eigenvalue weighted by Crippen LogP contribution is -2.48. The van der Waals surface area contributed by atoms with Gasteiger partial charge in [-0.25, -0.2) is 0 Å². The molecule has 156 valence electrons. The van der Waals surface area contributed by atoms with Gasteiger partial charge >= 0.3 is 0 Å². The van der Waals surface area contributed by atoms with Crippen molar-refractivity contribution in [1.29, 1.82) is 0 Å². The molecule has 1 aromatic carbocycles. The molecule has 0 spiro atoms. The van der Waals surface area contributed by atoms with Gasteiger partial charge in [-0.3, -0.25) is 9.59 Å². The van der Waals surface area contributed by atoms with Crippen LogP contribution in [0.5, 0.6) is 0 Å². The molecule has 0 saturated carbocycles. The summed E-state index contributed by atoms with van der Waals surface area (Å²) < 4.78 is 5.02. The topological polar surface area (TPSA) is 49.9 Å². The molecule has 1 atom stereocenters. The molecule has 0 saturated heterocycles. The minimum atomic E-state index is -0.143. The van der Waals surface area contributed by atoms with Crippen LogP contribution in [-0.2, 0) is 20.7 Å². The fourth-order valence-corrected chi connectivity index (χ4v) is 4.88. The number of nitrogens with zero attached hydrogens (tertiary/aromatic N) is 2. The summed E-state index contributed by atoms with van der Waals surface area (Å²) in [6.07, 6.45) is 0.858. The van der Waals surface area contributed by atoms with Crippen LogP contribution >= 0.6 is 11.3 Å². The lowest BCUT2D eigenvalue weighted by Gasteiger charge is -2.38. The summed E-state index contributed by atoms with van der Waals surface area (Å²) in [5.41, 5.74) is 3.53. The third-order valence-electron chi connectivity index (χ3n) is 5.30. The summed E-state index contributed by atoms with van der Waals surface area (Å²) in [7, 11) is 1.50. The molecule has 2 amide bonds. The Labute approximate surface area is 177 Å². The molecule has 0 bridgehead atoms. The molecule has 1 aliphatic rings. The number of aryl methyl sites for hydroxylation is 1. The Morgan fingerprint density at radius 2 is 2.00 bits per heavy atom. The average molecular weight is 415 g/mol. The van der Waals surface area contributed by atoms with E-state index in [9.17, 15) is 9.59 Å². The van der Waals surface area contributed by atoms with Crippen molar-refractivity contribution in [3.05, 3.63) is 57.3 Å². The van der Waals surface area contributed by atoms with Crippen molar-refractivity contribution < 1.29 is 14.3 Å². The van der Waals surface area contributed by atoms with Gasteiger partial charge in [0.15, 0.2) is 0 Å². The third kappa shape index (κ3) is 4.87. The second-order valence-electron chi connectivity index (χ2n) is 8.00. The van der Waals surface area contributed by atoms with Gasteiger partial charge in [0.05, 0.1) is 12.6 Å². The first-order valence-corrected chi connectivity index (χ1v) is 11.0. The molecular weight excluding hydrogens is 384 g/mol. The van der Waals surface area contributed by atoms with Crippen molar-refractivity contribution in [3.8, 4) is 0 Å². The van der Waals surface area contributed by atoms with Gasteiger partial charge in [-0.2, -0.15) is 0 Å². The lowest BCUT2D eigenvalue weighted by molar-refractivity contribution is -0.144. The van der Waals surface area contributed by atoms with E-state index in [4.69, 9.17) is 4.74 Å². The summed E-state index contributed by atoms with van der Waals surface area (Å²) in [5.74, 6) is 0.121. The van der Waals surface area contributed by atoms with E-state index in [1.165, 1.54) is 23.1 Å².